The van der Waals surface area contributed by atoms with Crippen molar-refractivity contribution in [1.82, 2.24) is 0 Å². The van der Waals surface area contributed by atoms with Crippen molar-refractivity contribution in [3.63, 3.8) is 0 Å². The van der Waals surface area contributed by atoms with E-state index in [9.17, 15) is 19.0 Å². The van der Waals surface area contributed by atoms with Crippen molar-refractivity contribution in [3.05, 3.63) is 60.8 Å². The van der Waals surface area contributed by atoms with Gasteiger partial charge in [0.1, 0.15) is 12.1 Å². The minimum atomic E-state index is -4.62. The zero-order valence-electron chi connectivity index (χ0n) is 31.7. The van der Waals surface area contributed by atoms with Crippen LogP contribution >= 0.6 is 7.82 Å². The molecule has 0 bridgehead atoms. The molecule has 0 aromatic rings. The van der Waals surface area contributed by atoms with Gasteiger partial charge in [0, 0.05) is 13.0 Å². The van der Waals surface area contributed by atoms with Crippen molar-refractivity contribution in [3.8, 4) is 0 Å². The standard InChI is InChI=1S/C40H70NO9P/c1-3-5-7-9-11-13-14-15-16-17-18-19-20-21-22-23-25-27-29-31-33-47-34-37(35-48-51(45,46)49-36-38(41)40(43)44)50-39(42)32-30-28-26-24-12-10-8-6-4-2/h5,7,11,13,15-16,18-19,21-22,37-38H,3-4,6,8-10,12,14,17,20,23-36,41H2,1-2H3,(H,43,44)(H,45,46)/b7-5-,13-11-,16-15-,19-18-,22-21-. The molecule has 0 heterocycles. The van der Waals surface area contributed by atoms with Gasteiger partial charge in [0.15, 0.2) is 0 Å². The summed E-state index contributed by atoms with van der Waals surface area (Å²) >= 11 is 0. The van der Waals surface area contributed by atoms with E-state index in [1.165, 1.54) is 32.1 Å². The minimum Gasteiger partial charge on any atom is -0.480 e. The Labute approximate surface area is 309 Å². The summed E-state index contributed by atoms with van der Waals surface area (Å²) in [6, 6.07) is -1.48. The highest BCUT2D eigenvalue weighted by atomic mass is 31.2. The molecule has 294 valence electrons. The van der Waals surface area contributed by atoms with Crippen molar-refractivity contribution in [2.75, 3.05) is 26.4 Å². The second-order valence-electron chi connectivity index (χ2n) is 12.7. The van der Waals surface area contributed by atoms with Gasteiger partial charge in [-0.1, -0.05) is 139 Å². The van der Waals surface area contributed by atoms with E-state index in [-0.39, 0.29) is 13.0 Å². The van der Waals surface area contributed by atoms with Crippen LogP contribution in [-0.4, -0.2) is 60.5 Å². The lowest BCUT2D eigenvalue weighted by molar-refractivity contribution is -0.154. The van der Waals surface area contributed by atoms with E-state index in [1.807, 2.05) is 0 Å². The van der Waals surface area contributed by atoms with Gasteiger partial charge in [0.05, 0.1) is 19.8 Å². The van der Waals surface area contributed by atoms with Gasteiger partial charge in [-0.3, -0.25) is 18.6 Å². The summed E-state index contributed by atoms with van der Waals surface area (Å²) in [5, 5.41) is 8.86. The highest BCUT2D eigenvalue weighted by Gasteiger charge is 2.27. The molecule has 0 aliphatic heterocycles. The average molecular weight is 740 g/mol. The number of carboxylic acid groups (broad SMARTS) is 1. The van der Waals surface area contributed by atoms with Gasteiger partial charge < -0.3 is 25.2 Å². The average Bonchev–Trinajstić information content (AvgIpc) is 3.10. The number of hydrogen-bond donors (Lipinski definition) is 3. The van der Waals surface area contributed by atoms with Crippen molar-refractivity contribution < 1.29 is 42.7 Å². The predicted molar refractivity (Wildman–Crippen MR) is 207 cm³/mol. The number of ether oxygens (including phenoxy) is 2. The van der Waals surface area contributed by atoms with Crippen LogP contribution in [0.15, 0.2) is 60.8 Å². The molecule has 0 aliphatic carbocycles. The summed E-state index contributed by atoms with van der Waals surface area (Å²) < 4.78 is 33.1. The van der Waals surface area contributed by atoms with Crippen molar-refractivity contribution in [2.45, 2.75) is 154 Å². The normalized spacial score (nSPS) is 14.7. The number of hydrogen-bond acceptors (Lipinski definition) is 8. The van der Waals surface area contributed by atoms with Crippen LogP contribution in [0.1, 0.15) is 142 Å². The summed E-state index contributed by atoms with van der Waals surface area (Å²) in [5.74, 6) is -1.80. The molecule has 3 atom stereocenters. The predicted octanol–water partition coefficient (Wildman–Crippen LogP) is 10.1. The van der Waals surface area contributed by atoms with Crippen LogP contribution in [0.25, 0.3) is 0 Å². The number of carbonyl (C=O) groups is 2. The topological polar surface area (TPSA) is 155 Å². The number of carbonyl (C=O) groups excluding carboxylic acids is 1. The molecule has 0 amide bonds. The van der Waals surface area contributed by atoms with E-state index in [4.69, 9.17) is 24.8 Å². The second-order valence-corrected chi connectivity index (χ2v) is 14.1. The van der Waals surface area contributed by atoms with Crippen LogP contribution in [0.5, 0.6) is 0 Å². The molecular formula is C40H70NO9P. The Morgan fingerprint density at radius 3 is 1.71 bits per heavy atom. The first kappa shape index (κ1) is 48.7. The number of allylic oxidation sites excluding steroid dienone is 10. The van der Waals surface area contributed by atoms with Gasteiger partial charge in [-0.15, -0.1) is 0 Å². The van der Waals surface area contributed by atoms with Gasteiger partial charge in [-0.2, -0.15) is 0 Å². The lowest BCUT2D eigenvalue weighted by Gasteiger charge is -2.20. The number of aliphatic carboxylic acids is 1. The zero-order valence-corrected chi connectivity index (χ0v) is 32.6. The van der Waals surface area contributed by atoms with Crippen LogP contribution < -0.4 is 5.73 Å². The molecule has 0 rings (SSSR count). The van der Waals surface area contributed by atoms with Gasteiger partial charge in [0.25, 0.3) is 0 Å². The molecule has 51 heavy (non-hydrogen) atoms. The first-order chi connectivity index (χ1) is 24.7. The Morgan fingerprint density at radius 1 is 0.647 bits per heavy atom. The smallest absolute Gasteiger partial charge is 0.472 e. The third-order valence-corrected chi connectivity index (χ3v) is 8.76. The number of esters is 1. The number of rotatable bonds is 36. The second kappa shape index (κ2) is 36.0. The Kier molecular flexibility index (Phi) is 34.4. The van der Waals surface area contributed by atoms with Crippen molar-refractivity contribution in [1.29, 1.82) is 0 Å². The molecule has 11 heteroatoms. The molecule has 3 unspecified atom stereocenters. The largest absolute Gasteiger partial charge is 0.480 e. The molecule has 0 fully saturated rings. The number of phosphoric acid groups is 1. The Balaban J connectivity index is 4.29. The van der Waals surface area contributed by atoms with Crippen LogP contribution in [-0.2, 0) is 32.7 Å². The molecule has 0 saturated heterocycles. The van der Waals surface area contributed by atoms with Crippen LogP contribution in [0.3, 0.4) is 0 Å². The molecule has 4 N–H and O–H groups in total. The molecule has 0 aromatic carbocycles. The summed E-state index contributed by atoms with van der Waals surface area (Å²) in [4.78, 5) is 33.3. The summed E-state index contributed by atoms with van der Waals surface area (Å²) in [5.41, 5.74) is 5.33. The summed E-state index contributed by atoms with van der Waals surface area (Å²) in [6.45, 7) is 3.65. The maximum atomic E-state index is 12.5. The molecule has 0 radical (unpaired) electrons. The Hall–Kier alpha value is -2.33. The van der Waals surface area contributed by atoms with Gasteiger partial charge in [-0.05, 0) is 57.8 Å². The van der Waals surface area contributed by atoms with Crippen LogP contribution in [0.2, 0.25) is 0 Å². The zero-order chi connectivity index (χ0) is 37.7. The van der Waals surface area contributed by atoms with Crippen molar-refractivity contribution in [2.24, 2.45) is 5.73 Å². The highest BCUT2D eigenvalue weighted by Crippen LogP contribution is 2.43. The Bertz CT molecular complexity index is 1040. The molecule has 0 spiro atoms. The molecular weight excluding hydrogens is 669 g/mol. The number of phosphoric ester groups is 1. The Morgan fingerprint density at radius 2 is 1.14 bits per heavy atom. The van der Waals surface area contributed by atoms with Crippen molar-refractivity contribution >= 4 is 19.8 Å². The van der Waals surface area contributed by atoms with E-state index < -0.39 is 45.1 Å². The number of unbranched alkanes of at least 4 members (excludes halogenated alkanes) is 12. The molecule has 0 aromatic heterocycles. The van der Waals surface area contributed by atoms with Gasteiger partial charge in [-0.25, -0.2) is 4.57 Å². The van der Waals surface area contributed by atoms with Crippen LogP contribution in [0.4, 0.5) is 0 Å². The van der Waals surface area contributed by atoms with E-state index in [0.717, 1.165) is 83.5 Å². The van der Waals surface area contributed by atoms with Gasteiger partial charge in [0.2, 0.25) is 0 Å². The maximum absolute atomic E-state index is 12.5. The minimum absolute atomic E-state index is 0.00181. The molecule has 0 saturated carbocycles. The van der Waals surface area contributed by atoms with Crippen LogP contribution in [0, 0.1) is 0 Å². The molecule has 10 nitrogen and oxygen atoms in total. The fourth-order valence-corrected chi connectivity index (χ4v) is 5.58. The fourth-order valence-electron chi connectivity index (χ4n) is 4.80. The number of carboxylic acids is 1. The monoisotopic (exact) mass is 739 g/mol. The number of nitrogens with two attached hydrogens (primary N) is 1. The first-order valence-electron chi connectivity index (χ1n) is 19.3. The maximum Gasteiger partial charge on any atom is 0.472 e. The summed E-state index contributed by atoms with van der Waals surface area (Å²) in [7, 11) is -4.62. The third kappa shape index (κ3) is 35.8. The highest BCUT2D eigenvalue weighted by molar-refractivity contribution is 7.47. The fraction of sp³-hybridized carbons (Fsp3) is 0.700. The van der Waals surface area contributed by atoms with E-state index in [2.05, 4.69) is 79.1 Å². The third-order valence-electron chi connectivity index (χ3n) is 7.81. The van der Waals surface area contributed by atoms with E-state index >= 15 is 0 Å². The SMILES string of the molecule is CC/C=C\C/C=C\C/C=C\C/C=C\C/C=C\CCCCCCOCC(COP(=O)(O)OCC(N)C(=O)O)OC(=O)CCCCCCCCCCC. The summed E-state index contributed by atoms with van der Waals surface area (Å²) in [6.07, 6.45) is 41.4. The molecule has 0 aliphatic rings. The quantitative estimate of drug-likeness (QED) is 0.0245. The van der Waals surface area contributed by atoms with Gasteiger partial charge >= 0.3 is 19.8 Å². The van der Waals surface area contributed by atoms with E-state index in [0.29, 0.717) is 13.0 Å². The lowest BCUT2D eigenvalue weighted by Crippen LogP contribution is -2.34. The van der Waals surface area contributed by atoms with E-state index in [1.54, 1.807) is 0 Å². The first-order valence-corrected chi connectivity index (χ1v) is 20.8. The lowest BCUT2D eigenvalue weighted by atomic mass is 10.1.